The van der Waals surface area contributed by atoms with Gasteiger partial charge in [-0.25, -0.2) is 4.79 Å². The van der Waals surface area contributed by atoms with Gasteiger partial charge >= 0.3 is 6.16 Å². The molecule has 0 radical (unpaired) electrons. The first-order chi connectivity index (χ1) is 8.56. The van der Waals surface area contributed by atoms with E-state index < -0.39 is 6.16 Å². The average molecular weight is 250 g/mol. The minimum atomic E-state index is -1.26. The Bertz CT molecular complexity index is 410. The lowest BCUT2D eigenvalue weighted by molar-refractivity contribution is 0.144. The van der Waals surface area contributed by atoms with Crippen LogP contribution in [0.4, 0.5) is 4.79 Å². The van der Waals surface area contributed by atoms with Gasteiger partial charge in [-0.05, 0) is 49.4 Å². The van der Waals surface area contributed by atoms with Gasteiger partial charge in [0.2, 0.25) is 0 Å². The molecule has 0 aliphatic heterocycles. The molecule has 0 heterocycles. The number of hydrogen-bond acceptors (Lipinski definition) is 2. The molecule has 0 bridgehead atoms. The van der Waals surface area contributed by atoms with E-state index in [0.717, 1.165) is 17.5 Å². The van der Waals surface area contributed by atoms with Gasteiger partial charge in [-0.1, -0.05) is 32.3 Å². The summed E-state index contributed by atoms with van der Waals surface area (Å²) in [5.74, 6) is 0.442. The van der Waals surface area contributed by atoms with Crippen molar-refractivity contribution in [3.63, 3.8) is 0 Å². The van der Waals surface area contributed by atoms with Crippen LogP contribution in [0.1, 0.15) is 49.3 Å². The molecule has 3 nitrogen and oxygen atoms in total. The molecule has 18 heavy (non-hydrogen) atoms. The highest BCUT2D eigenvalue weighted by atomic mass is 16.7. The van der Waals surface area contributed by atoms with E-state index in [4.69, 9.17) is 9.84 Å². The van der Waals surface area contributed by atoms with E-state index in [9.17, 15) is 4.79 Å². The molecule has 1 N–H and O–H groups in total. The van der Waals surface area contributed by atoms with Crippen LogP contribution in [-0.4, -0.2) is 11.3 Å². The topological polar surface area (TPSA) is 46.5 Å². The summed E-state index contributed by atoms with van der Waals surface area (Å²) < 4.78 is 4.74. The van der Waals surface area contributed by atoms with Crippen LogP contribution in [-0.2, 0) is 6.42 Å². The van der Waals surface area contributed by atoms with Crippen molar-refractivity contribution >= 4 is 6.16 Å². The molecular weight excluding hydrogens is 228 g/mol. The highest BCUT2D eigenvalue weighted by Crippen LogP contribution is 2.25. The minimum absolute atomic E-state index is 0.442. The summed E-state index contributed by atoms with van der Waals surface area (Å²) in [6.45, 7) is 6.13. The quantitative estimate of drug-likeness (QED) is 0.460. The Kier molecular flexibility index (Phi) is 5.69. The van der Waals surface area contributed by atoms with E-state index in [-0.39, 0.29) is 0 Å². The Morgan fingerprint density at radius 2 is 1.89 bits per heavy atom. The maximum Gasteiger partial charge on any atom is 0.511 e. The third-order valence-electron chi connectivity index (χ3n) is 3.35. The number of rotatable bonds is 6. The lowest BCUT2D eigenvalue weighted by Gasteiger charge is -2.12. The van der Waals surface area contributed by atoms with Crippen LogP contribution in [0.2, 0.25) is 0 Å². The number of hydrogen-bond donors (Lipinski definition) is 1. The monoisotopic (exact) mass is 250 g/mol. The molecule has 1 rings (SSSR count). The molecule has 0 aliphatic carbocycles. The van der Waals surface area contributed by atoms with E-state index >= 15 is 0 Å². The van der Waals surface area contributed by atoms with Crippen molar-refractivity contribution < 1.29 is 14.6 Å². The second-order valence-electron chi connectivity index (χ2n) is 4.65. The predicted molar refractivity (Wildman–Crippen MR) is 72.4 cm³/mol. The van der Waals surface area contributed by atoms with Gasteiger partial charge in [0.1, 0.15) is 5.75 Å². The Morgan fingerprint density at radius 3 is 2.50 bits per heavy atom. The Hall–Kier alpha value is -1.51. The zero-order valence-electron chi connectivity index (χ0n) is 11.5. The molecule has 0 atom stereocenters. The Labute approximate surface area is 109 Å². The molecule has 100 valence electrons. The van der Waals surface area contributed by atoms with E-state index in [2.05, 4.69) is 6.92 Å². The van der Waals surface area contributed by atoms with Gasteiger partial charge in [-0.3, -0.25) is 0 Å². The fourth-order valence-electron chi connectivity index (χ4n) is 2.07. The summed E-state index contributed by atoms with van der Waals surface area (Å²) in [7, 11) is 0. The zero-order chi connectivity index (χ0) is 13.5. The number of carboxylic acid groups (broad SMARTS) is 1. The standard InChI is InChI=1S/C15H22O3/c1-4-5-6-7-8-13-9-10-14(18-15(16)17)12(3)11(13)2/h9-10H,4-8H2,1-3H3,(H,16,17). The van der Waals surface area contributed by atoms with Gasteiger partial charge in [0.15, 0.2) is 0 Å². The zero-order valence-corrected chi connectivity index (χ0v) is 11.5. The van der Waals surface area contributed by atoms with E-state index in [1.807, 2.05) is 19.9 Å². The van der Waals surface area contributed by atoms with Crippen molar-refractivity contribution in [2.45, 2.75) is 52.9 Å². The van der Waals surface area contributed by atoms with Crippen molar-refractivity contribution in [1.29, 1.82) is 0 Å². The molecular formula is C15H22O3. The largest absolute Gasteiger partial charge is 0.511 e. The summed E-state index contributed by atoms with van der Waals surface area (Å²) in [6.07, 6.45) is 4.75. The Morgan fingerprint density at radius 1 is 1.17 bits per heavy atom. The van der Waals surface area contributed by atoms with Crippen LogP contribution in [0.3, 0.4) is 0 Å². The lowest BCUT2D eigenvalue weighted by atomic mass is 9.97. The van der Waals surface area contributed by atoms with Crippen LogP contribution >= 0.6 is 0 Å². The summed E-state index contributed by atoms with van der Waals surface area (Å²) in [5.41, 5.74) is 3.36. The smallest absolute Gasteiger partial charge is 0.449 e. The summed E-state index contributed by atoms with van der Waals surface area (Å²) >= 11 is 0. The van der Waals surface area contributed by atoms with Gasteiger partial charge in [0, 0.05) is 0 Å². The lowest BCUT2D eigenvalue weighted by Crippen LogP contribution is -2.05. The highest BCUT2D eigenvalue weighted by molar-refractivity contribution is 5.62. The first-order valence-corrected chi connectivity index (χ1v) is 6.56. The van der Waals surface area contributed by atoms with Crippen molar-refractivity contribution in [2.24, 2.45) is 0 Å². The van der Waals surface area contributed by atoms with E-state index in [0.29, 0.717) is 5.75 Å². The molecule has 1 aromatic carbocycles. The highest BCUT2D eigenvalue weighted by Gasteiger charge is 2.09. The maximum absolute atomic E-state index is 10.5. The molecule has 0 unspecified atom stereocenters. The molecule has 1 aromatic rings. The minimum Gasteiger partial charge on any atom is -0.449 e. The maximum atomic E-state index is 10.5. The summed E-state index contributed by atoms with van der Waals surface area (Å²) in [4.78, 5) is 10.5. The van der Waals surface area contributed by atoms with Gasteiger partial charge < -0.3 is 9.84 Å². The second kappa shape index (κ2) is 7.04. The normalized spacial score (nSPS) is 10.4. The fourth-order valence-corrected chi connectivity index (χ4v) is 2.07. The molecule has 3 heteroatoms. The summed E-state index contributed by atoms with van der Waals surface area (Å²) in [6, 6.07) is 3.73. The average Bonchev–Trinajstić information content (AvgIpc) is 2.32. The van der Waals surface area contributed by atoms with Crippen LogP contribution < -0.4 is 4.74 Å². The third-order valence-corrected chi connectivity index (χ3v) is 3.35. The number of unbranched alkanes of at least 4 members (excludes halogenated alkanes) is 3. The summed E-state index contributed by atoms with van der Waals surface area (Å²) in [5, 5.41) is 8.63. The Balaban J connectivity index is 2.71. The van der Waals surface area contributed by atoms with Crippen molar-refractivity contribution in [2.75, 3.05) is 0 Å². The van der Waals surface area contributed by atoms with Gasteiger partial charge in [-0.2, -0.15) is 0 Å². The van der Waals surface area contributed by atoms with Crippen LogP contribution in [0, 0.1) is 13.8 Å². The SMILES string of the molecule is CCCCCCc1ccc(OC(=O)O)c(C)c1C. The molecule has 0 saturated carbocycles. The van der Waals surface area contributed by atoms with Crippen LogP contribution in [0.25, 0.3) is 0 Å². The molecule has 0 aliphatic rings. The fraction of sp³-hybridized carbons (Fsp3) is 0.533. The van der Waals surface area contributed by atoms with Crippen molar-refractivity contribution in [1.82, 2.24) is 0 Å². The van der Waals surface area contributed by atoms with E-state index in [1.54, 1.807) is 6.07 Å². The molecule has 0 saturated heterocycles. The first kappa shape index (κ1) is 14.6. The number of carbonyl (C=O) groups is 1. The van der Waals surface area contributed by atoms with E-state index in [1.165, 1.54) is 31.2 Å². The molecule has 0 aromatic heterocycles. The molecule has 0 fully saturated rings. The van der Waals surface area contributed by atoms with Gasteiger partial charge in [0.25, 0.3) is 0 Å². The van der Waals surface area contributed by atoms with Crippen molar-refractivity contribution in [3.8, 4) is 5.75 Å². The van der Waals surface area contributed by atoms with Crippen LogP contribution in [0.5, 0.6) is 5.75 Å². The number of ether oxygens (including phenoxy) is 1. The van der Waals surface area contributed by atoms with Gasteiger partial charge in [-0.15, -0.1) is 0 Å². The third kappa shape index (κ3) is 4.06. The second-order valence-corrected chi connectivity index (χ2v) is 4.65. The predicted octanol–water partition coefficient (Wildman–Crippen LogP) is 4.48. The van der Waals surface area contributed by atoms with Gasteiger partial charge in [0.05, 0.1) is 0 Å². The number of benzene rings is 1. The van der Waals surface area contributed by atoms with Crippen LogP contribution in [0.15, 0.2) is 12.1 Å². The molecule has 0 spiro atoms. The number of aryl methyl sites for hydroxylation is 1. The molecule has 0 amide bonds. The first-order valence-electron chi connectivity index (χ1n) is 6.56. The van der Waals surface area contributed by atoms with Crippen molar-refractivity contribution in [3.05, 3.63) is 28.8 Å².